The first-order valence-corrected chi connectivity index (χ1v) is 8.14. The molecule has 21 heavy (non-hydrogen) atoms. The van der Waals surface area contributed by atoms with Crippen molar-refractivity contribution < 1.29 is 4.74 Å². The lowest BCUT2D eigenvalue weighted by atomic mass is 10.2. The Kier molecular flexibility index (Phi) is 5.39. The molecule has 1 N–H and O–H groups in total. The standard InChI is InChI=1S/C16H20IN3O/c1-5-13-14(17)16(18-4)20-15(19-13)11-7-6-8-12(9-11)21-10(2)3/h6-10H,5H2,1-4H3,(H,18,19,20). The highest BCUT2D eigenvalue weighted by Gasteiger charge is 2.12. The van der Waals surface area contributed by atoms with Gasteiger partial charge in [0.2, 0.25) is 0 Å². The van der Waals surface area contributed by atoms with E-state index in [2.05, 4.69) is 44.8 Å². The van der Waals surface area contributed by atoms with Crippen LogP contribution in [0.4, 0.5) is 5.82 Å². The SMILES string of the molecule is CCc1nc(-c2cccc(OC(C)C)c2)nc(NC)c1I. The largest absolute Gasteiger partial charge is 0.491 e. The molecule has 1 aromatic heterocycles. The molecule has 0 fully saturated rings. The third-order valence-electron chi connectivity index (χ3n) is 2.96. The average Bonchev–Trinajstić information content (AvgIpc) is 2.47. The fourth-order valence-electron chi connectivity index (χ4n) is 2.00. The number of halogens is 1. The van der Waals surface area contributed by atoms with Crippen molar-refractivity contribution in [3.05, 3.63) is 33.5 Å². The van der Waals surface area contributed by atoms with E-state index in [1.165, 1.54) is 0 Å². The highest BCUT2D eigenvalue weighted by Crippen LogP contribution is 2.26. The lowest BCUT2D eigenvalue weighted by Crippen LogP contribution is -2.06. The van der Waals surface area contributed by atoms with Gasteiger partial charge in [0, 0.05) is 12.6 Å². The first-order chi connectivity index (χ1) is 10.0. The third-order valence-corrected chi connectivity index (χ3v) is 4.09. The summed E-state index contributed by atoms with van der Waals surface area (Å²) >= 11 is 2.29. The molecule has 0 unspecified atom stereocenters. The van der Waals surface area contributed by atoms with Gasteiger partial charge in [0.25, 0.3) is 0 Å². The first kappa shape index (κ1) is 16.0. The van der Waals surface area contributed by atoms with Crippen LogP contribution in [-0.2, 0) is 6.42 Å². The van der Waals surface area contributed by atoms with E-state index in [1.807, 2.05) is 45.2 Å². The minimum Gasteiger partial charge on any atom is -0.491 e. The molecule has 0 radical (unpaired) electrons. The van der Waals surface area contributed by atoms with Crippen LogP contribution in [0.5, 0.6) is 5.75 Å². The maximum atomic E-state index is 5.74. The minimum atomic E-state index is 0.150. The van der Waals surface area contributed by atoms with E-state index in [9.17, 15) is 0 Å². The van der Waals surface area contributed by atoms with Gasteiger partial charge in [-0.3, -0.25) is 0 Å². The van der Waals surface area contributed by atoms with Crippen LogP contribution in [-0.4, -0.2) is 23.1 Å². The van der Waals surface area contributed by atoms with E-state index in [-0.39, 0.29) is 6.10 Å². The number of aromatic nitrogens is 2. The zero-order valence-electron chi connectivity index (χ0n) is 12.8. The molecular formula is C16H20IN3O. The van der Waals surface area contributed by atoms with Gasteiger partial charge in [-0.15, -0.1) is 0 Å². The van der Waals surface area contributed by atoms with Crippen molar-refractivity contribution in [3.63, 3.8) is 0 Å². The second kappa shape index (κ2) is 7.06. The summed E-state index contributed by atoms with van der Waals surface area (Å²) < 4.78 is 6.82. The van der Waals surface area contributed by atoms with Gasteiger partial charge in [-0.05, 0) is 55.0 Å². The second-order valence-electron chi connectivity index (χ2n) is 4.95. The zero-order chi connectivity index (χ0) is 15.4. The second-order valence-corrected chi connectivity index (χ2v) is 6.03. The molecule has 0 aliphatic carbocycles. The lowest BCUT2D eigenvalue weighted by Gasteiger charge is -2.12. The first-order valence-electron chi connectivity index (χ1n) is 7.06. The van der Waals surface area contributed by atoms with Crippen LogP contribution in [0.2, 0.25) is 0 Å². The predicted molar refractivity (Wildman–Crippen MR) is 94.9 cm³/mol. The Hall–Kier alpha value is -1.37. The number of benzene rings is 1. The molecule has 0 saturated carbocycles. The maximum absolute atomic E-state index is 5.74. The van der Waals surface area contributed by atoms with Crippen molar-refractivity contribution in [2.75, 3.05) is 12.4 Å². The Morgan fingerprint density at radius 3 is 2.67 bits per heavy atom. The quantitative estimate of drug-likeness (QED) is 0.771. The summed E-state index contributed by atoms with van der Waals surface area (Å²) in [6.07, 6.45) is 1.03. The van der Waals surface area contributed by atoms with Crippen molar-refractivity contribution in [1.82, 2.24) is 9.97 Å². The van der Waals surface area contributed by atoms with Gasteiger partial charge in [0.15, 0.2) is 5.82 Å². The van der Waals surface area contributed by atoms with Crippen LogP contribution in [0.3, 0.4) is 0 Å². The Balaban J connectivity index is 2.46. The van der Waals surface area contributed by atoms with Crippen molar-refractivity contribution in [3.8, 4) is 17.1 Å². The highest BCUT2D eigenvalue weighted by molar-refractivity contribution is 14.1. The molecule has 1 heterocycles. The molecule has 4 nitrogen and oxygen atoms in total. The van der Waals surface area contributed by atoms with E-state index in [1.54, 1.807) is 0 Å². The Morgan fingerprint density at radius 2 is 2.05 bits per heavy atom. The number of anilines is 1. The summed E-state index contributed by atoms with van der Waals surface area (Å²) in [4.78, 5) is 9.28. The molecule has 0 aliphatic heterocycles. The number of ether oxygens (including phenoxy) is 1. The summed E-state index contributed by atoms with van der Waals surface area (Å²) in [5.41, 5.74) is 2.02. The smallest absolute Gasteiger partial charge is 0.161 e. The average molecular weight is 397 g/mol. The Bertz CT molecular complexity index is 604. The molecule has 1 aromatic carbocycles. The normalized spacial score (nSPS) is 10.8. The van der Waals surface area contributed by atoms with Crippen LogP contribution < -0.4 is 10.1 Å². The lowest BCUT2D eigenvalue weighted by molar-refractivity contribution is 0.242. The molecule has 2 rings (SSSR count). The van der Waals surface area contributed by atoms with Gasteiger partial charge in [-0.2, -0.15) is 0 Å². The van der Waals surface area contributed by atoms with Gasteiger partial charge >= 0.3 is 0 Å². The molecule has 0 amide bonds. The van der Waals surface area contributed by atoms with Gasteiger partial charge in [-0.1, -0.05) is 19.1 Å². The van der Waals surface area contributed by atoms with Gasteiger partial charge < -0.3 is 10.1 Å². The predicted octanol–water partition coefficient (Wildman–Crippen LogP) is 4.14. The van der Waals surface area contributed by atoms with Gasteiger partial charge in [0.05, 0.1) is 15.4 Å². The van der Waals surface area contributed by atoms with Crippen molar-refractivity contribution in [2.24, 2.45) is 0 Å². The van der Waals surface area contributed by atoms with E-state index in [4.69, 9.17) is 4.74 Å². The zero-order valence-corrected chi connectivity index (χ0v) is 14.9. The van der Waals surface area contributed by atoms with Crippen LogP contribution >= 0.6 is 22.6 Å². The molecule has 0 aliphatic rings. The van der Waals surface area contributed by atoms with Crippen LogP contribution in [0.1, 0.15) is 26.5 Å². The molecule has 0 saturated heterocycles. The molecule has 0 bridgehead atoms. The van der Waals surface area contributed by atoms with Crippen LogP contribution in [0.25, 0.3) is 11.4 Å². The third kappa shape index (κ3) is 3.84. The number of hydrogen-bond acceptors (Lipinski definition) is 4. The van der Waals surface area contributed by atoms with Crippen LogP contribution in [0, 0.1) is 3.57 Å². The molecule has 2 aromatic rings. The van der Waals surface area contributed by atoms with Gasteiger partial charge in [0.1, 0.15) is 11.6 Å². The number of rotatable bonds is 5. The van der Waals surface area contributed by atoms with Crippen molar-refractivity contribution >= 4 is 28.4 Å². The fraction of sp³-hybridized carbons (Fsp3) is 0.375. The van der Waals surface area contributed by atoms with E-state index in [0.29, 0.717) is 0 Å². The summed E-state index contributed by atoms with van der Waals surface area (Å²) in [6, 6.07) is 7.92. The summed E-state index contributed by atoms with van der Waals surface area (Å²) in [7, 11) is 1.88. The number of nitrogens with zero attached hydrogens (tertiary/aromatic N) is 2. The van der Waals surface area contributed by atoms with Crippen molar-refractivity contribution in [2.45, 2.75) is 33.3 Å². The molecule has 5 heteroatoms. The summed E-state index contributed by atoms with van der Waals surface area (Å²) in [5, 5.41) is 3.14. The van der Waals surface area contributed by atoms with E-state index < -0.39 is 0 Å². The molecule has 112 valence electrons. The highest BCUT2D eigenvalue weighted by atomic mass is 127. The Morgan fingerprint density at radius 1 is 1.29 bits per heavy atom. The molecule has 0 spiro atoms. The van der Waals surface area contributed by atoms with E-state index in [0.717, 1.165) is 38.6 Å². The fourth-order valence-corrected chi connectivity index (χ4v) is 2.90. The van der Waals surface area contributed by atoms with E-state index >= 15 is 0 Å². The summed E-state index contributed by atoms with van der Waals surface area (Å²) in [6.45, 7) is 6.14. The topological polar surface area (TPSA) is 47.0 Å². The molecule has 0 atom stereocenters. The summed E-state index contributed by atoms with van der Waals surface area (Å²) in [5.74, 6) is 2.44. The van der Waals surface area contributed by atoms with Crippen LogP contribution in [0.15, 0.2) is 24.3 Å². The van der Waals surface area contributed by atoms with Gasteiger partial charge in [-0.25, -0.2) is 9.97 Å². The minimum absolute atomic E-state index is 0.150. The number of aryl methyl sites for hydroxylation is 1. The number of hydrogen-bond donors (Lipinski definition) is 1. The molecular weight excluding hydrogens is 377 g/mol. The maximum Gasteiger partial charge on any atom is 0.161 e. The Labute approximate surface area is 139 Å². The number of nitrogens with one attached hydrogen (secondary N) is 1. The monoisotopic (exact) mass is 397 g/mol. The van der Waals surface area contributed by atoms with Crippen molar-refractivity contribution in [1.29, 1.82) is 0 Å².